The molecule has 9 nitrogen and oxygen atoms in total. The number of nitrogens with zero attached hydrogens (tertiary/aromatic N) is 4. The van der Waals surface area contributed by atoms with Crippen molar-refractivity contribution < 1.29 is 13.9 Å². The molecule has 1 amide bonds. The number of nitrogen functional groups attached to an aromatic ring is 1. The number of aromatic nitrogens is 3. The van der Waals surface area contributed by atoms with Crippen molar-refractivity contribution in [2.75, 3.05) is 24.2 Å². The fourth-order valence-electron chi connectivity index (χ4n) is 3.19. The van der Waals surface area contributed by atoms with Gasteiger partial charge in [0, 0.05) is 11.9 Å². The molecular formula is C21H22FN7O2. The van der Waals surface area contributed by atoms with Crippen LogP contribution in [0.4, 0.5) is 16.0 Å². The largest absolute Gasteiger partial charge is 0.491 e. The number of amides is 1. The molecule has 3 aromatic rings. The maximum Gasteiger partial charge on any atom is 0.255 e. The molecule has 0 spiro atoms. The van der Waals surface area contributed by atoms with Crippen molar-refractivity contribution in [2.24, 2.45) is 0 Å². The predicted octanol–water partition coefficient (Wildman–Crippen LogP) is 2.94. The van der Waals surface area contributed by atoms with Crippen LogP contribution in [0, 0.1) is 17.1 Å². The summed E-state index contributed by atoms with van der Waals surface area (Å²) in [7, 11) is 0. The minimum absolute atomic E-state index is 0.0437. The molecule has 0 radical (unpaired) electrons. The third kappa shape index (κ3) is 4.30. The number of carbonyl (C=O) groups is 1. The van der Waals surface area contributed by atoms with E-state index >= 15 is 0 Å². The number of ether oxygens (including phenoxy) is 1. The Bertz CT molecular complexity index is 1180. The standard InChI is InChI=1S/C21H22FN7O2/c1-4-25-21(30)16-13-8-12(22)6-7-15(13)29-17(18(16)31-5-2)11(3)28-20-14(9-23)19(24)26-10-27-20/h6-8,10-11H,4-5H2,1-3H3,(H,25,30)(H3,24,26,27,28). The highest BCUT2D eigenvalue weighted by Crippen LogP contribution is 2.35. The number of pyridine rings is 1. The molecule has 1 aromatic carbocycles. The monoisotopic (exact) mass is 423 g/mol. The average Bonchev–Trinajstić information content (AvgIpc) is 2.73. The van der Waals surface area contributed by atoms with Crippen molar-refractivity contribution in [3.63, 3.8) is 0 Å². The predicted molar refractivity (Wildman–Crippen MR) is 114 cm³/mol. The molecule has 4 N–H and O–H groups in total. The smallest absolute Gasteiger partial charge is 0.255 e. The van der Waals surface area contributed by atoms with E-state index in [1.165, 1.54) is 24.5 Å². The van der Waals surface area contributed by atoms with Crippen molar-refractivity contribution >= 4 is 28.4 Å². The molecule has 2 heterocycles. The molecule has 3 rings (SSSR count). The minimum Gasteiger partial charge on any atom is -0.491 e. The van der Waals surface area contributed by atoms with Crippen LogP contribution >= 0.6 is 0 Å². The molecule has 0 aliphatic carbocycles. The number of benzene rings is 1. The second-order valence-corrected chi connectivity index (χ2v) is 6.62. The molecule has 160 valence electrons. The summed E-state index contributed by atoms with van der Waals surface area (Å²) in [5.74, 6) is -0.391. The fraction of sp³-hybridized carbons (Fsp3) is 0.286. The maximum atomic E-state index is 14.0. The van der Waals surface area contributed by atoms with Gasteiger partial charge in [0.15, 0.2) is 5.75 Å². The first-order chi connectivity index (χ1) is 14.9. The highest BCUT2D eigenvalue weighted by molar-refractivity contribution is 6.09. The molecule has 0 saturated heterocycles. The number of nitrogens with two attached hydrogens (primary N) is 1. The highest BCUT2D eigenvalue weighted by Gasteiger charge is 2.26. The number of rotatable bonds is 7. The summed E-state index contributed by atoms with van der Waals surface area (Å²) in [6.45, 7) is 5.99. The van der Waals surface area contributed by atoms with Gasteiger partial charge in [-0.2, -0.15) is 5.26 Å². The van der Waals surface area contributed by atoms with Gasteiger partial charge in [-0.25, -0.2) is 19.3 Å². The molecule has 0 fully saturated rings. The highest BCUT2D eigenvalue weighted by atomic mass is 19.1. The lowest BCUT2D eigenvalue weighted by atomic mass is 10.0. The lowest BCUT2D eigenvalue weighted by molar-refractivity contribution is 0.0953. The minimum atomic E-state index is -0.537. The second-order valence-electron chi connectivity index (χ2n) is 6.62. The summed E-state index contributed by atoms with van der Waals surface area (Å²) in [6.07, 6.45) is 1.24. The molecular weight excluding hydrogens is 401 g/mol. The topological polar surface area (TPSA) is 139 Å². The third-order valence-corrected chi connectivity index (χ3v) is 4.53. The van der Waals surface area contributed by atoms with Crippen LogP contribution in [0.15, 0.2) is 24.5 Å². The van der Waals surface area contributed by atoms with Crippen LogP contribution in [0.2, 0.25) is 0 Å². The van der Waals surface area contributed by atoms with Crippen LogP contribution in [0.3, 0.4) is 0 Å². The Balaban J connectivity index is 2.20. The SMILES string of the molecule is CCNC(=O)c1c(OCC)c(C(C)Nc2ncnc(N)c2C#N)nc2ccc(F)cc12. The van der Waals surface area contributed by atoms with E-state index in [2.05, 4.69) is 25.6 Å². The van der Waals surface area contributed by atoms with Gasteiger partial charge >= 0.3 is 0 Å². The van der Waals surface area contributed by atoms with Crippen molar-refractivity contribution in [2.45, 2.75) is 26.8 Å². The number of hydrogen-bond donors (Lipinski definition) is 3. The van der Waals surface area contributed by atoms with Gasteiger partial charge in [0.2, 0.25) is 0 Å². The molecule has 10 heteroatoms. The van der Waals surface area contributed by atoms with Gasteiger partial charge in [-0.3, -0.25) is 4.79 Å². The van der Waals surface area contributed by atoms with Crippen LogP contribution in [-0.4, -0.2) is 34.0 Å². The zero-order valence-electron chi connectivity index (χ0n) is 17.4. The van der Waals surface area contributed by atoms with Gasteiger partial charge in [0.05, 0.1) is 23.7 Å². The summed E-state index contributed by atoms with van der Waals surface area (Å²) in [5, 5.41) is 15.6. The summed E-state index contributed by atoms with van der Waals surface area (Å²) in [4.78, 5) is 25.4. The van der Waals surface area contributed by atoms with E-state index in [4.69, 9.17) is 10.5 Å². The normalized spacial score (nSPS) is 11.6. The summed E-state index contributed by atoms with van der Waals surface area (Å²) in [5.41, 5.74) is 6.89. The number of nitriles is 1. The third-order valence-electron chi connectivity index (χ3n) is 4.53. The zero-order valence-corrected chi connectivity index (χ0v) is 17.4. The lowest BCUT2D eigenvalue weighted by Gasteiger charge is -2.21. The Morgan fingerprint density at radius 3 is 2.81 bits per heavy atom. The Kier molecular flexibility index (Phi) is 6.45. The van der Waals surface area contributed by atoms with E-state index in [1.54, 1.807) is 20.8 Å². The van der Waals surface area contributed by atoms with Gasteiger partial charge in [-0.15, -0.1) is 0 Å². The number of hydrogen-bond acceptors (Lipinski definition) is 8. The summed E-state index contributed by atoms with van der Waals surface area (Å²) < 4.78 is 19.8. The van der Waals surface area contributed by atoms with Gasteiger partial charge in [0.25, 0.3) is 5.91 Å². The Morgan fingerprint density at radius 1 is 1.35 bits per heavy atom. The first-order valence-electron chi connectivity index (χ1n) is 9.72. The number of fused-ring (bicyclic) bond motifs is 1. The van der Waals surface area contributed by atoms with Crippen LogP contribution in [0.25, 0.3) is 10.9 Å². The zero-order chi connectivity index (χ0) is 22.5. The number of carbonyl (C=O) groups excluding carboxylic acids is 1. The van der Waals surface area contributed by atoms with E-state index in [1.807, 2.05) is 6.07 Å². The van der Waals surface area contributed by atoms with E-state index in [0.29, 0.717) is 23.1 Å². The maximum absolute atomic E-state index is 14.0. The molecule has 0 aliphatic rings. The van der Waals surface area contributed by atoms with E-state index in [0.717, 1.165) is 0 Å². The molecule has 1 unspecified atom stereocenters. The van der Waals surface area contributed by atoms with Gasteiger partial charge < -0.3 is 21.1 Å². The second kappa shape index (κ2) is 9.21. The molecule has 0 saturated carbocycles. The molecule has 2 aromatic heterocycles. The number of anilines is 2. The van der Waals surface area contributed by atoms with E-state index < -0.39 is 17.8 Å². The quantitative estimate of drug-likeness (QED) is 0.527. The van der Waals surface area contributed by atoms with Gasteiger partial charge in [-0.1, -0.05) is 0 Å². The van der Waals surface area contributed by atoms with E-state index in [-0.39, 0.29) is 35.1 Å². The number of halogens is 1. The van der Waals surface area contributed by atoms with E-state index in [9.17, 15) is 14.4 Å². The first-order valence-corrected chi connectivity index (χ1v) is 9.72. The average molecular weight is 423 g/mol. The van der Waals surface area contributed by atoms with Crippen molar-refractivity contribution in [3.05, 3.63) is 47.2 Å². The Morgan fingerprint density at radius 2 is 2.13 bits per heavy atom. The summed E-state index contributed by atoms with van der Waals surface area (Å²) in [6, 6.07) is 5.47. The van der Waals surface area contributed by atoms with Crippen LogP contribution < -0.4 is 21.1 Å². The fourth-order valence-corrected chi connectivity index (χ4v) is 3.19. The van der Waals surface area contributed by atoms with Crippen LogP contribution in [0.5, 0.6) is 5.75 Å². The molecule has 0 bridgehead atoms. The van der Waals surface area contributed by atoms with Crippen LogP contribution in [0.1, 0.15) is 48.4 Å². The molecule has 31 heavy (non-hydrogen) atoms. The van der Waals surface area contributed by atoms with Gasteiger partial charge in [0.1, 0.15) is 41.1 Å². The van der Waals surface area contributed by atoms with Crippen molar-refractivity contribution in [1.29, 1.82) is 5.26 Å². The van der Waals surface area contributed by atoms with Crippen molar-refractivity contribution in [1.82, 2.24) is 20.3 Å². The van der Waals surface area contributed by atoms with Crippen molar-refractivity contribution in [3.8, 4) is 11.8 Å². The summed E-state index contributed by atoms with van der Waals surface area (Å²) >= 11 is 0. The Hall–Kier alpha value is -4.00. The van der Waals surface area contributed by atoms with Crippen LogP contribution in [-0.2, 0) is 0 Å². The van der Waals surface area contributed by atoms with Gasteiger partial charge in [-0.05, 0) is 39.0 Å². The Labute approximate surface area is 178 Å². The number of nitrogens with one attached hydrogen (secondary N) is 2. The molecule has 1 atom stereocenters. The lowest BCUT2D eigenvalue weighted by Crippen LogP contribution is -2.25. The molecule has 0 aliphatic heterocycles. The first kappa shape index (κ1) is 21.7.